The molecule has 0 aliphatic heterocycles. The smallest absolute Gasteiger partial charge is 0.269 e. The maximum absolute atomic E-state index is 12.1. The van der Waals surface area contributed by atoms with Crippen molar-refractivity contribution in [3.8, 4) is 0 Å². The summed E-state index contributed by atoms with van der Waals surface area (Å²) in [5, 5.41) is 1.00. The normalized spacial score (nSPS) is 10.5. The van der Waals surface area contributed by atoms with Gasteiger partial charge in [-0.15, -0.1) is 0 Å². The van der Waals surface area contributed by atoms with Crippen molar-refractivity contribution in [2.75, 3.05) is 19.0 Å². The monoisotopic (exact) mass is 336 g/mol. The molecule has 0 atom stereocenters. The third kappa shape index (κ3) is 3.80. The number of benzene rings is 2. The minimum Gasteiger partial charge on any atom is -0.378 e. The van der Waals surface area contributed by atoms with E-state index in [9.17, 15) is 9.59 Å². The predicted molar refractivity (Wildman–Crippen MR) is 98.4 cm³/mol. The number of amides is 2. The van der Waals surface area contributed by atoms with Crippen LogP contribution in [0.5, 0.6) is 0 Å². The second kappa shape index (κ2) is 7.09. The van der Waals surface area contributed by atoms with E-state index < -0.39 is 0 Å². The Morgan fingerprint density at radius 2 is 1.72 bits per heavy atom. The third-order valence-electron chi connectivity index (χ3n) is 3.99. The average molecular weight is 336 g/mol. The molecule has 0 radical (unpaired) electrons. The number of hydrogen-bond donors (Lipinski definition) is 3. The summed E-state index contributed by atoms with van der Waals surface area (Å²) in [6.07, 6.45) is 2.00. The largest absolute Gasteiger partial charge is 0.378 e. The summed E-state index contributed by atoms with van der Waals surface area (Å²) >= 11 is 0. The SMILES string of the molecule is CN(C)c1ccc(C(=O)NNC(=O)Cc2c[nH]c3ccccc23)cc1. The van der Waals surface area contributed by atoms with Crippen LogP contribution in [0.4, 0.5) is 5.69 Å². The molecule has 1 aromatic heterocycles. The zero-order valence-corrected chi connectivity index (χ0v) is 14.2. The molecule has 1 heterocycles. The third-order valence-corrected chi connectivity index (χ3v) is 3.99. The first-order valence-corrected chi connectivity index (χ1v) is 7.96. The molecule has 3 N–H and O–H groups in total. The molecule has 6 heteroatoms. The van der Waals surface area contributed by atoms with Crippen molar-refractivity contribution in [1.82, 2.24) is 15.8 Å². The van der Waals surface area contributed by atoms with Crippen LogP contribution in [0.3, 0.4) is 0 Å². The molecule has 0 aliphatic carbocycles. The van der Waals surface area contributed by atoms with Gasteiger partial charge < -0.3 is 9.88 Å². The predicted octanol–water partition coefficient (Wildman–Crippen LogP) is 2.24. The highest BCUT2D eigenvalue weighted by Crippen LogP contribution is 2.17. The molecule has 3 aromatic rings. The molecule has 128 valence electrons. The fraction of sp³-hybridized carbons (Fsp3) is 0.158. The van der Waals surface area contributed by atoms with Crippen LogP contribution in [-0.4, -0.2) is 30.9 Å². The van der Waals surface area contributed by atoms with Crippen LogP contribution in [-0.2, 0) is 11.2 Å². The Balaban J connectivity index is 1.57. The molecule has 0 bridgehead atoms. The van der Waals surface area contributed by atoms with Crippen LogP contribution >= 0.6 is 0 Å². The minimum atomic E-state index is -0.349. The quantitative estimate of drug-likeness (QED) is 0.640. The van der Waals surface area contributed by atoms with E-state index in [1.54, 1.807) is 12.1 Å². The van der Waals surface area contributed by atoms with Crippen molar-refractivity contribution in [1.29, 1.82) is 0 Å². The number of nitrogens with one attached hydrogen (secondary N) is 3. The van der Waals surface area contributed by atoms with Crippen LogP contribution in [0.2, 0.25) is 0 Å². The van der Waals surface area contributed by atoms with Crippen LogP contribution in [0.15, 0.2) is 54.7 Å². The van der Waals surface area contributed by atoms with Crippen molar-refractivity contribution in [2.45, 2.75) is 6.42 Å². The molecule has 0 unspecified atom stereocenters. The average Bonchev–Trinajstić information content (AvgIpc) is 3.03. The lowest BCUT2D eigenvalue weighted by atomic mass is 10.1. The molecule has 6 nitrogen and oxygen atoms in total. The fourth-order valence-corrected chi connectivity index (χ4v) is 2.60. The molecular weight excluding hydrogens is 316 g/mol. The molecule has 3 rings (SSSR count). The van der Waals surface area contributed by atoms with Gasteiger partial charge in [0.2, 0.25) is 5.91 Å². The van der Waals surface area contributed by atoms with Gasteiger partial charge in [0, 0.05) is 42.4 Å². The molecule has 2 amide bonds. The van der Waals surface area contributed by atoms with E-state index in [2.05, 4.69) is 15.8 Å². The van der Waals surface area contributed by atoms with Crippen molar-refractivity contribution < 1.29 is 9.59 Å². The van der Waals surface area contributed by atoms with E-state index in [-0.39, 0.29) is 18.2 Å². The molecule has 0 spiro atoms. The highest BCUT2D eigenvalue weighted by atomic mass is 16.2. The number of carbonyl (C=O) groups is 2. The molecule has 2 aromatic carbocycles. The van der Waals surface area contributed by atoms with Gasteiger partial charge in [0.25, 0.3) is 5.91 Å². The van der Waals surface area contributed by atoms with Gasteiger partial charge in [-0.3, -0.25) is 20.4 Å². The Labute approximate surface area is 145 Å². The fourth-order valence-electron chi connectivity index (χ4n) is 2.60. The van der Waals surface area contributed by atoms with Crippen LogP contribution in [0, 0.1) is 0 Å². The Hall–Kier alpha value is -3.28. The Bertz CT molecular complexity index is 897. The van der Waals surface area contributed by atoms with Crippen molar-refractivity contribution in [3.63, 3.8) is 0 Å². The van der Waals surface area contributed by atoms with E-state index in [0.29, 0.717) is 5.56 Å². The Morgan fingerprint density at radius 3 is 2.44 bits per heavy atom. The number of para-hydroxylation sites is 1. The summed E-state index contributed by atoms with van der Waals surface area (Å²) in [4.78, 5) is 29.3. The summed E-state index contributed by atoms with van der Waals surface area (Å²) < 4.78 is 0. The number of anilines is 1. The van der Waals surface area contributed by atoms with Gasteiger partial charge >= 0.3 is 0 Å². The summed E-state index contributed by atoms with van der Waals surface area (Å²) in [6, 6.07) is 14.9. The number of carbonyl (C=O) groups excluding carboxylic acids is 2. The first-order valence-electron chi connectivity index (χ1n) is 7.96. The number of aromatic amines is 1. The van der Waals surface area contributed by atoms with Gasteiger partial charge in [0.1, 0.15) is 0 Å². The molecule has 0 saturated carbocycles. The molecule has 0 aliphatic rings. The summed E-state index contributed by atoms with van der Waals surface area (Å²) in [7, 11) is 3.86. The zero-order valence-electron chi connectivity index (χ0n) is 14.2. The Kier molecular flexibility index (Phi) is 4.70. The number of hydrogen-bond acceptors (Lipinski definition) is 3. The maximum Gasteiger partial charge on any atom is 0.269 e. The number of rotatable bonds is 4. The van der Waals surface area contributed by atoms with E-state index in [1.807, 2.05) is 61.6 Å². The number of aromatic nitrogens is 1. The standard InChI is InChI=1S/C19H20N4O2/c1-23(2)15-9-7-13(8-10-15)19(25)22-21-18(24)11-14-12-20-17-6-4-3-5-16(14)17/h3-10,12,20H,11H2,1-2H3,(H,21,24)(H,22,25). The van der Waals surface area contributed by atoms with E-state index >= 15 is 0 Å². The highest BCUT2D eigenvalue weighted by molar-refractivity contribution is 5.96. The molecule has 0 saturated heterocycles. The summed E-state index contributed by atoms with van der Waals surface area (Å²) in [5.74, 6) is -0.624. The lowest BCUT2D eigenvalue weighted by molar-refractivity contribution is -0.121. The Morgan fingerprint density at radius 1 is 1.00 bits per heavy atom. The van der Waals surface area contributed by atoms with Crippen molar-refractivity contribution in [2.24, 2.45) is 0 Å². The minimum absolute atomic E-state index is 0.184. The topological polar surface area (TPSA) is 77.2 Å². The first-order chi connectivity index (χ1) is 12.0. The second-order valence-corrected chi connectivity index (χ2v) is 5.98. The van der Waals surface area contributed by atoms with Gasteiger partial charge in [-0.2, -0.15) is 0 Å². The molecular formula is C19H20N4O2. The number of nitrogens with zero attached hydrogens (tertiary/aromatic N) is 1. The van der Waals surface area contributed by atoms with Gasteiger partial charge in [-0.25, -0.2) is 0 Å². The van der Waals surface area contributed by atoms with E-state index in [1.165, 1.54) is 0 Å². The van der Waals surface area contributed by atoms with Crippen molar-refractivity contribution in [3.05, 3.63) is 65.9 Å². The maximum atomic E-state index is 12.1. The summed E-state index contributed by atoms with van der Waals surface area (Å²) in [5.41, 5.74) is 8.26. The zero-order chi connectivity index (χ0) is 17.8. The van der Waals surface area contributed by atoms with E-state index in [0.717, 1.165) is 22.2 Å². The lowest BCUT2D eigenvalue weighted by Gasteiger charge is -2.12. The van der Waals surface area contributed by atoms with Gasteiger partial charge in [-0.05, 0) is 35.9 Å². The van der Waals surface area contributed by atoms with Crippen molar-refractivity contribution >= 4 is 28.4 Å². The van der Waals surface area contributed by atoms with Gasteiger partial charge in [0.05, 0.1) is 6.42 Å². The van der Waals surface area contributed by atoms with Gasteiger partial charge in [-0.1, -0.05) is 18.2 Å². The highest BCUT2D eigenvalue weighted by Gasteiger charge is 2.10. The first kappa shape index (κ1) is 16.6. The van der Waals surface area contributed by atoms with Crippen LogP contribution in [0.25, 0.3) is 10.9 Å². The summed E-state index contributed by atoms with van der Waals surface area (Å²) in [6.45, 7) is 0. The van der Waals surface area contributed by atoms with E-state index in [4.69, 9.17) is 0 Å². The number of H-pyrrole nitrogens is 1. The number of hydrazine groups is 1. The molecule has 25 heavy (non-hydrogen) atoms. The van der Waals surface area contributed by atoms with Gasteiger partial charge in [0.15, 0.2) is 0 Å². The van der Waals surface area contributed by atoms with Crippen LogP contribution < -0.4 is 15.8 Å². The van der Waals surface area contributed by atoms with Crippen LogP contribution in [0.1, 0.15) is 15.9 Å². The second-order valence-electron chi connectivity index (χ2n) is 5.98. The number of fused-ring (bicyclic) bond motifs is 1. The molecule has 0 fully saturated rings. The lowest BCUT2D eigenvalue weighted by Crippen LogP contribution is -2.42.